The summed E-state index contributed by atoms with van der Waals surface area (Å²) in [6, 6.07) is -0.404. The summed E-state index contributed by atoms with van der Waals surface area (Å²) in [6.45, 7) is 23.2. The zero-order chi connectivity index (χ0) is 36.3. The van der Waals surface area contributed by atoms with E-state index in [9.17, 15) is 18.0 Å². The highest BCUT2D eigenvalue weighted by molar-refractivity contribution is 7.92. The molecular weight excluding hydrogens is 720 g/mol. The Labute approximate surface area is 314 Å². The van der Waals surface area contributed by atoms with Crippen LogP contribution in [0.2, 0.25) is 5.02 Å². The molecular formula is C34H61ClN6O6S3. The Bertz CT molecular complexity index is 1700. The van der Waals surface area contributed by atoms with Crippen molar-refractivity contribution < 1.29 is 27.5 Å². The molecule has 2 heterocycles. The van der Waals surface area contributed by atoms with E-state index < -0.39 is 31.8 Å². The highest BCUT2D eigenvalue weighted by Crippen LogP contribution is 2.30. The number of aryl methyl sites for hydroxylation is 2. The first-order chi connectivity index (χ1) is 22.0. The number of halogens is 1. The molecule has 2 N–H and O–H groups in total. The fourth-order valence-corrected chi connectivity index (χ4v) is 8.72. The van der Waals surface area contributed by atoms with Gasteiger partial charge in [-0.15, -0.1) is 13.2 Å². The number of aromatic nitrogens is 2. The van der Waals surface area contributed by atoms with Gasteiger partial charge in [0.05, 0.1) is 28.0 Å². The number of hydrogen-bond acceptors (Lipinski definition) is 8. The van der Waals surface area contributed by atoms with Crippen LogP contribution in [0.4, 0.5) is 0 Å². The molecule has 0 aliphatic rings. The van der Waals surface area contributed by atoms with Crippen LogP contribution in [0.3, 0.4) is 0 Å². The third kappa shape index (κ3) is 12.2. The molecule has 0 aliphatic carbocycles. The van der Waals surface area contributed by atoms with Gasteiger partial charge < -0.3 is 18.6 Å². The van der Waals surface area contributed by atoms with Gasteiger partial charge in [0.25, 0.3) is 0 Å². The van der Waals surface area contributed by atoms with E-state index in [4.69, 9.17) is 21.1 Å². The number of nitrogens with one attached hydrogen (secondary N) is 2. The number of carbonyl (C=O) groups excluding carboxylic acids is 2. The van der Waals surface area contributed by atoms with Crippen LogP contribution in [0.15, 0.2) is 62.8 Å². The van der Waals surface area contributed by atoms with Crippen molar-refractivity contribution in [2.24, 2.45) is 34.7 Å². The summed E-state index contributed by atoms with van der Waals surface area (Å²) in [6.07, 6.45) is 8.06. The fraction of sp³-hybridized carbons (Fsp3) is 0.529. The predicted molar refractivity (Wildman–Crippen MR) is 215 cm³/mol. The second-order valence-electron chi connectivity index (χ2n) is 10.9. The Morgan fingerprint density at radius 3 is 1.52 bits per heavy atom. The van der Waals surface area contributed by atoms with E-state index >= 15 is 0 Å². The van der Waals surface area contributed by atoms with Crippen molar-refractivity contribution in [2.45, 2.75) is 78.3 Å². The van der Waals surface area contributed by atoms with E-state index in [0.717, 1.165) is 0 Å². The van der Waals surface area contributed by atoms with E-state index in [1.54, 1.807) is 50.9 Å². The minimum Gasteiger partial charge on any atom is -0.461 e. The lowest BCUT2D eigenvalue weighted by atomic mass is 10.1. The summed E-state index contributed by atoms with van der Waals surface area (Å²) in [5.74, 6) is -0.691. The second-order valence-corrected chi connectivity index (χ2v) is 15.5. The highest BCUT2D eigenvalue weighted by Gasteiger charge is 2.29. The first-order valence-corrected chi connectivity index (χ1v) is 18.5. The average molecular weight is 782 g/mol. The molecule has 4 atom stereocenters. The maximum Gasteiger partial charge on any atom is 0.356 e. The van der Waals surface area contributed by atoms with Crippen LogP contribution < -0.4 is 9.44 Å². The minimum atomic E-state index is -3.00. The lowest BCUT2D eigenvalue weighted by Crippen LogP contribution is -2.36. The SMILES string of the molecule is C.C.C=CC(NS(=O)(=NC)c1cn(C)c(C(=O)OCC)c1Cl)C(C)C.C=Cc1c(S(=O)(=NC)NC(C=C)C(C)C)cn(C)c1C(=O)OCC.S. The largest absolute Gasteiger partial charge is 0.461 e. The van der Waals surface area contributed by atoms with Gasteiger partial charge in [0.1, 0.15) is 31.2 Å². The van der Waals surface area contributed by atoms with Crippen molar-refractivity contribution in [2.75, 3.05) is 27.3 Å². The van der Waals surface area contributed by atoms with Crippen molar-refractivity contribution in [3.05, 3.63) is 66.3 Å². The number of esters is 2. The smallest absolute Gasteiger partial charge is 0.356 e. The van der Waals surface area contributed by atoms with Crippen molar-refractivity contribution in [1.29, 1.82) is 0 Å². The van der Waals surface area contributed by atoms with Gasteiger partial charge in [0, 0.05) is 58.2 Å². The van der Waals surface area contributed by atoms with Crippen LogP contribution in [0.1, 0.15) is 82.9 Å². The topological polar surface area (TPSA) is 145 Å². The third-order valence-electron chi connectivity index (χ3n) is 7.06. The molecule has 2 aromatic rings. The maximum atomic E-state index is 13.4. The van der Waals surface area contributed by atoms with Crippen molar-refractivity contribution in [3.63, 3.8) is 0 Å². The average Bonchev–Trinajstić information content (AvgIpc) is 3.53. The lowest BCUT2D eigenvalue weighted by molar-refractivity contribution is 0.0505. The lowest BCUT2D eigenvalue weighted by Gasteiger charge is -2.21. The molecule has 0 spiro atoms. The summed E-state index contributed by atoms with van der Waals surface area (Å²) in [5.41, 5.74) is 0.923. The fourth-order valence-electron chi connectivity index (χ4n) is 4.39. The van der Waals surface area contributed by atoms with Gasteiger partial charge in [-0.2, -0.15) is 13.5 Å². The molecule has 2 aromatic heterocycles. The van der Waals surface area contributed by atoms with Crippen molar-refractivity contribution >= 4 is 62.9 Å². The summed E-state index contributed by atoms with van der Waals surface area (Å²) in [7, 11) is 0.326. The Morgan fingerprint density at radius 1 is 0.820 bits per heavy atom. The van der Waals surface area contributed by atoms with Crippen molar-refractivity contribution in [1.82, 2.24) is 18.6 Å². The van der Waals surface area contributed by atoms with E-state index in [1.165, 1.54) is 30.9 Å². The molecule has 2 rings (SSSR count). The van der Waals surface area contributed by atoms with Crippen molar-refractivity contribution in [3.8, 4) is 0 Å². The summed E-state index contributed by atoms with van der Waals surface area (Å²) in [4.78, 5) is 24.9. The standard InChI is InChI=1S/C17H27N3O3S.C15H24ClN3O3S.2CH4.H2S/c1-8-13-15(11-20(7)16(13)17(21)23-10-3)24(22,18-6)19-14(9-2)12(4)5;1-7-11(10(3)4)18-23(21,17-5)12-9-19(6)14(13(12)16)15(20)22-8-2;;;/h8-9,11-12,14H,1-2,10H2,3-7H3,(H,18,19,22);7,9-11H,1,8H2,2-6H3,(H,17,18,21);2*1H4;1H2. The molecule has 0 saturated carbocycles. The van der Waals surface area contributed by atoms with Crippen LogP contribution in [-0.2, 0) is 43.4 Å². The highest BCUT2D eigenvalue weighted by atomic mass is 35.5. The van der Waals surface area contributed by atoms with E-state index in [1.807, 2.05) is 27.7 Å². The molecule has 0 radical (unpaired) electrons. The van der Waals surface area contributed by atoms with Gasteiger partial charge in [-0.05, 0) is 25.7 Å². The van der Waals surface area contributed by atoms with Gasteiger partial charge >= 0.3 is 11.9 Å². The number of nitrogens with zero attached hydrogens (tertiary/aromatic N) is 4. The number of hydrogen-bond donors (Lipinski definition) is 2. The van der Waals surface area contributed by atoms with Crippen LogP contribution >= 0.6 is 25.1 Å². The summed E-state index contributed by atoms with van der Waals surface area (Å²) >= 11 is 6.30. The number of carbonyl (C=O) groups is 2. The van der Waals surface area contributed by atoms with Crippen LogP contribution in [0.5, 0.6) is 0 Å². The van der Waals surface area contributed by atoms with E-state index in [-0.39, 0.29) is 81.1 Å². The normalized spacial score (nSPS) is 14.0. The molecule has 0 aliphatic heterocycles. The minimum absolute atomic E-state index is 0. The monoisotopic (exact) mass is 780 g/mol. The molecule has 0 fully saturated rings. The van der Waals surface area contributed by atoms with Gasteiger partial charge in [0.2, 0.25) is 0 Å². The first-order valence-electron chi connectivity index (χ1n) is 15.1. The zero-order valence-electron chi connectivity index (χ0n) is 29.7. The quantitative estimate of drug-likeness (QED) is 0.142. The second kappa shape index (κ2) is 22.9. The Kier molecular flexibility index (Phi) is 23.6. The molecule has 0 amide bonds. The maximum absolute atomic E-state index is 13.4. The van der Waals surface area contributed by atoms with Crippen LogP contribution in [0, 0.1) is 11.8 Å². The Hall–Kier alpha value is -2.82. The zero-order valence-corrected chi connectivity index (χ0v) is 33.1. The van der Waals surface area contributed by atoms with Gasteiger partial charge in [-0.3, -0.25) is 0 Å². The third-order valence-corrected chi connectivity index (χ3v) is 11.6. The molecule has 0 aromatic carbocycles. The molecule has 50 heavy (non-hydrogen) atoms. The number of rotatable bonds is 15. The Morgan fingerprint density at radius 2 is 1.18 bits per heavy atom. The summed E-state index contributed by atoms with van der Waals surface area (Å²) in [5, 5.41) is 0.0839. The van der Waals surface area contributed by atoms with Gasteiger partial charge in [-0.1, -0.05) is 79.0 Å². The van der Waals surface area contributed by atoms with E-state index in [2.05, 4.69) is 37.9 Å². The predicted octanol–water partition coefficient (Wildman–Crippen LogP) is 7.43. The number of ether oxygens (including phenoxy) is 2. The molecule has 12 nitrogen and oxygen atoms in total. The van der Waals surface area contributed by atoms with E-state index in [0.29, 0.717) is 16.2 Å². The molecule has 16 heteroatoms. The first kappa shape index (κ1) is 51.5. The van der Waals surface area contributed by atoms with Crippen LogP contribution in [0.25, 0.3) is 6.08 Å². The molecule has 0 bridgehead atoms. The summed E-state index contributed by atoms with van der Waals surface area (Å²) < 4.78 is 53.9. The molecule has 4 unspecified atom stereocenters. The van der Waals surface area contributed by atoms with Gasteiger partial charge in [-0.25, -0.2) is 36.2 Å². The van der Waals surface area contributed by atoms with Crippen LogP contribution in [-0.4, -0.2) is 68.9 Å². The Balaban J connectivity index is -0.000000834. The molecule has 0 saturated heterocycles. The van der Waals surface area contributed by atoms with Gasteiger partial charge in [0.15, 0.2) is 0 Å². The molecule has 288 valence electrons.